The topological polar surface area (TPSA) is 12.0 Å². The minimum absolute atomic E-state index is 0.857. The lowest BCUT2D eigenvalue weighted by atomic mass is 10.1. The summed E-state index contributed by atoms with van der Waals surface area (Å²) < 4.78 is 0. The van der Waals surface area contributed by atoms with Crippen molar-refractivity contribution in [2.75, 3.05) is 6.54 Å². The van der Waals surface area contributed by atoms with E-state index in [0.29, 0.717) is 0 Å². The minimum atomic E-state index is 0.857. The van der Waals surface area contributed by atoms with Crippen molar-refractivity contribution < 1.29 is 0 Å². The highest BCUT2D eigenvalue weighted by Crippen LogP contribution is 2.30. The zero-order valence-electron chi connectivity index (χ0n) is 7.47. The molecule has 0 saturated heterocycles. The molecular weight excluding hydrogens is 134 g/mol. The molecule has 1 N–H and O–H groups in total. The standard InChI is InChI=1S/C10H19N/c1-8-3-2-4-10(8)11-7-9-5-6-9/h8-11H,2-7H2,1H3/t8-,10-/m0/s1. The Hall–Kier alpha value is -0.0400. The van der Waals surface area contributed by atoms with Crippen molar-refractivity contribution in [2.24, 2.45) is 11.8 Å². The minimum Gasteiger partial charge on any atom is -0.313 e. The van der Waals surface area contributed by atoms with Gasteiger partial charge in [-0.2, -0.15) is 0 Å². The fourth-order valence-electron chi connectivity index (χ4n) is 2.09. The van der Waals surface area contributed by atoms with Gasteiger partial charge in [0.2, 0.25) is 0 Å². The van der Waals surface area contributed by atoms with Crippen LogP contribution in [-0.4, -0.2) is 12.6 Å². The van der Waals surface area contributed by atoms with Crippen molar-refractivity contribution in [1.82, 2.24) is 5.32 Å². The Morgan fingerprint density at radius 2 is 2.00 bits per heavy atom. The third kappa shape index (κ3) is 1.96. The first kappa shape index (κ1) is 7.60. The van der Waals surface area contributed by atoms with Crippen LogP contribution in [0, 0.1) is 11.8 Å². The molecule has 2 rings (SSSR count). The van der Waals surface area contributed by atoms with E-state index in [0.717, 1.165) is 17.9 Å². The Balaban J connectivity index is 1.67. The van der Waals surface area contributed by atoms with Gasteiger partial charge >= 0.3 is 0 Å². The van der Waals surface area contributed by atoms with Crippen LogP contribution >= 0.6 is 0 Å². The molecule has 0 unspecified atom stereocenters. The Morgan fingerprint density at radius 1 is 1.18 bits per heavy atom. The van der Waals surface area contributed by atoms with Gasteiger partial charge in [-0.15, -0.1) is 0 Å². The Labute approximate surface area is 69.6 Å². The van der Waals surface area contributed by atoms with E-state index in [1.54, 1.807) is 0 Å². The summed E-state index contributed by atoms with van der Waals surface area (Å²) in [6.45, 7) is 3.69. The molecule has 11 heavy (non-hydrogen) atoms. The maximum atomic E-state index is 3.69. The second-order valence-electron chi connectivity index (χ2n) is 4.37. The van der Waals surface area contributed by atoms with Crippen LogP contribution in [0.25, 0.3) is 0 Å². The normalized spacial score (nSPS) is 37.9. The van der Waals surface area contributed by atoms with Crippen molar-refractivity contribution in [3.05, 3.63) is 0 Å². The maximum Gasteiger partial charge on any atom is 0.00928 e. The molecule has 0 amide bonds. The van der Waals surface area contributed by atoms with E-state index in [9.17, 15) is 0 Å². The second-order valence-corrected chi connectivity index (χ2v) is 4.37. The van der Waals surface area contributed by atoms with Crippen LogP contribution in [0.5, 0.6) is 0 Å². The second kappa shape index (κ2) is 3.14. The predicted molar refractivity (Wildman–Crippen MR) is 47.5 cm³/mol. The van der Waals surface area contributed by atoms with E-state index < -0.39 is 0 Å². The number of rotatable bonds is 3. The van der Waals surface area contributed by atoms with Gasteiger partial charge < -0.3 is 5.32 Å². The highest BCUT2D eigenvalue weighted by molar-refractivity contribution is 4.83. The number of hydrogen-bond acceptors (Lipinski definition) is 1. The first-order valence-corrected chi connectivity index (χ1v) is 5.09. The van der Waals surface area contributed by atoms with Crippen LogP contribution in [-0.2, 0) is 0 Å². The van der Waals surface area contributed by atoms with Gasteiger partial charge in [0.25, 0.3) is 0 Å². The summed E-state index contributed by atoms with van der Waals surface area (Å²) in [6, 6.07) is 0.857. The molecule has 0 radical (unpaired) electrons. The molecule has 2 fully saturated rings. The number of nitrogens with one attached hydrogen (secondary N) is 1. The van der Waals surface area contributed by atoms with Gasteiger partial charge in [-0.1, -0.05) is 13.3 Å². The molecule has 2 saturated carbocycles. The first-order chi connectivity index (χ1) is 5.36. The average molecular weight is 153 g/mol. The molecule has 0 spiro atoms. The number of hydrogen-bond donors (Lipinski definition) is 1. The summed E-state index contributed by atoms with van der Waals surface area (Å²) in [4.78, 5) is 0. The summed E-state index contributed by atoms with van der Waals surface area (Å²) in [7, 11) is 0. The summed E-state index contributed by atoms with van der Waals surface area (Å²) in [5.41, 5.74) is 0. The highest BCUT2D eigenvalue weighted by atomic mass is 14.9. The predicted octanol–water partition coefficient (Wildman–Crippen LogP) is 2.17. The lowest BCUT2D eigenvalue weighted by Gasteiger charge is -2.16. The molecule has 0 bridgehead atoms. The van der Waals surface area contributed by atoms with E-state index in [-0.39, 0.29) is 0 Å². The van der Waals surface area contributed by atoms with Crippen LogP contribution < -0.4 is 5.32 Å². The molecule has 0 aromatic rings. The van der Waals surface area contributed by atoms with Gasteiger partial charge in [-0.25, -0.2) is 0 Å². The average Bonchev–Trinajstić information content (AvgIpc) is 2.73. The third-order valence-corrected chi connectivity index (χ3v) is 3.23. The molecule has 0 aliphatic heterocycles. The van der Waals surface area contributed by atoms with Crippen molar-refractivity contribution in [3.63, 3.8) is 0 Å². The van der Waals surface area contributed by atoms with Crippen molar-refractivity contribution in [3.8, 4) is 0 Å². The molecule has 1 heteroatoms. The largest absolute Gasteiger partial charge is 0.313 e. The van der Waals surface area contributed by atoms with E-state index in [1.807, 2.05) is 0 Å². The van der Waals surface area contributed by atoms with Crippen LogP contribution in [0.3, 0.4) is 0 Å². The van der Waals surface area contributed by atoms with Crippen molar-refractivity contribution in [2.45, 2.75) is 45.1 Å². The summed E-state index contributed by atoms with van der Waals surface area (Å²) in [6.07, 6.45) is 7.28. The molecule has 0 heterocycles. The van der Waals surface area contributed by atoms with E-state index in [2.05, 4.69) is 12.2 Å². The van der Waals surface area contributed by atoms with Gasteiger partial charge in [0, 0.05) is 6.04 Å². The molecule has 2 aliphatic carbocycles. The van der Waals surface area contributed by atoms with Crippen LogP contribution in [0.15, 0.2) is 0 Å². The molecule has 2 atom stereocenters. The monoisotopic (exact) mass is 153 g/mol. The quantitative estimate of drug-likeness (QED) is 0.655. The fourth-order valence-corrected chi connectivity index (χ4v) is 2.09. The molecular formula is C10H19N. The maximum absolute atomic E-state index is 3.69. The Bertz CT molecular complexity index is 129. The Morgan fingerprint density at radius 3 is 2.55 bits per heavy atom. The Kier molecular flexibility index (Phi) is 2.17. The van der Waals surface area contributed by atoms with Gasteiger partial charge in [-0.05, 0) is 44.1 Å². The van der Waals surface area contributed by atoms with Crippen molar-refractivity contribution in [1.29, 1.82) is 0 Å². The van der Waals surface area contributed by atoms with E-state index in [1.165, 1.54) is 38.6 Å². The summed E-state index contributed by atoms with van der Waals surface area (Å²) in [5, 5.41) is 3.69. The molecule has 64 valence electrons. The van der Waals surface area contributed by atoms with Crippen molar-refractivity contribution >= 4 is 0 Å². The highest BCUT2D eigenvalue weighted by Gasteiger charge is 2.26. The van der Waals surface area contributed by atoms with Crippen LogP contribution in [0.1, 0.15) is 39.0 Å². The van der Waals surface area contributed by atoms with Gasteiger partial charge in [0.05, 0.1) is 0 Å². The lowest BCUT2D eigenvalue weighted by molar-refractivity contribution is 0.419. The summed E-state index contributed by atoms with van der Waals surface area (Å²) >= 11 is 0. The van der Waals surface area contributed by atoms with E-state index in [4.69, 9.17) is 0 Å². The molecule has 0 aromatic carbocycles. The smallest absolute Gasteiger partial charge is 0.00928 e. The van der Waals surface area contributed by atoms with Gasteiger partial charge in [0.1, 0.15) is 0 Å². The lowest BCUT2D eigenvalue weighted by Crippen LogP contribution is -2.32. The zero-order chi connectivity index (χ0) is 7.68. The van der Waals surface area contributed by atoms with Gasteiger partial charge in [-0.3, -0.25) is 0 Å². The third-order valence-electron chi connectivity index (χ3n) is 3.23. The van der Waals surface area contributed by atoms with Crippen LogP contribution in [0.4, 0.5) is 0 Å². The van der Waals surface area contributed by atoms with Gasteiger partial charge in [0.15, 0.2) is 0 Å². The molecule has 1 nitrogen and oxygen atoms in total. The van der Waals surface area contributed by atoms with Crippen LogP contribution in [0.2, 0.25) is 0 Å². The zero-order valence-corrected chi connectivity index (χ0v) is 7.47. The summed E-state index contributed by atoms with van der Waals surface area (Å²) in [5.74, 6) is 1.98. The molecule has 2 aliphatic rings. The SMILES string of the molecule is C[C@H]1CCC[C@@H]1NCC1CC1. The first-order valence-electron chi connectivity index (χ1n) is 5.09. The molecule has 0 aromatic heterocycles. The fraction of sp³-hybridized carbons (Fsp3) is 1.00. The van der Waals surface area contributed by atoms with E-state index >= 15 is 0 Å².